The Morgan fingerprint density at radius 1 is 1.50 bits per heavy atom. The molecule has 2 heteroatoms. The Hall–Kier alpha value is -1.05. The van der Waals surface area contributed by atoms with E-state index >= 15 is 0 Å². The van der Waals surface area contributed by atoms with E-state index in [1.165, 1.54) is 12.8 Å². The number of carbonyl (C=O) groups is 1. The highest BCUT2D eigenvalue weighted by molar-refractivity contribution is 5.87. The zero-order valence-electron chi connectivity index (χ0n) is 10.1. The number of hydrogen-bond acceptors (Lipinski definition) is 2. The van der Waals surface area contributed by atoms with Crippen molar-refractivity contribution in [1.29, 1.82) is 0 Å². The van der Waals surface area contributed by atoms with Gasteiger partial charge in [-0.3, -0.25) is 0 Å². The van der Waals surface area contributed by atoms with Crippen molar-refractivity contribution >= 4 is 5.97 Å². The summed E-state index contributed by atoms with van der Waals surface area (Å²) < 4.78 is 5.32. The summed E-state index contributed by atoms with van der Waals surface area (Å²) in [5.74, 6) is 1.98. The lowest BCUT2D eigenvalue weighted by Crippen LogP contribution is -2.20. The van der Waals surface area contributed by atoms with Crippen molar-refractivity contribution < 1.29 is 9.53 Å². The molecule has 2 bridgehead atoms. The van der Waals surface area contributed by atoms with Gasteiger partial charge in [0, 0.05) is 5.57 Å². The zero-order chi connectivity index (χ0) is 11.7. The summed E-state index contributed by atoms with van der Waals surface area (Å²) in [7, 11) is 0. The minimum atomic E-state index is -0.258. The molecule has 88 valence electrons. The third kappa shape index (κ3) is 2.37. The van der Waals surface area contributed by atoms with Crippen LogP contribution in [0.2, 0.25) is 0 Å². The molecule has 1 saturated carbocycles. The average Bonchev–Trinajstić information content (AvgIpc) is 2.78. The largest absolute Gasteiger partial charge is 0.459 e. The van der Waals surface area contributed by atoms with Crippen LogP contribution in [0.25, 0.3) is 0 Å². The minimum absolute atomic E-state index is 0.0157. The molecule has 2 aliphatic carbocycles. The third-order valence-electron chi connectivity index (χ3n) is 3.71. The maximum Gasteiger partial charge on any atom is 0.333 e. The van der Waals surface area contributed by atoms with Crippen molar-refractivity contribution in [3.8, 4) is 0 Å². The van der Waals surface area contributed by atoms with Crippen LogP contribution in [0, 0.1) is 17.8 Å². The van der Waals surface area contributed by atoms with Crippen LogP contribution in [0.4, 0.5) is 0 Å². The van der Waals surface area contributed by atoms with Crippen LogP contribution in [0.1, 0.15) is 33.1 Å². The lowest BCUT2D eigenvalue weighted by Gasteiger charge is -2.22. The first-order valence-corrected chi connectivity index (χ1v) is 6.11. The van der Waals surface area contributed by atoms with Crippen molar-refractivity contribution in [2.45, 2.75) is 39.2 Å². The molecule has 0 spiro atoms. The highest BCUT2D eigenvalue weighted by Gasteiger charge is 2.36. The highest BCUT2D eigenvalue weighted by Crippen LogP contribution is 2.45. The monoisotopic (exact) mass is 220 g/mol. The topological polar surface area (TPSA) is 26.3 Å². The first-order valence-electron chi connectivity index (χ1n) is 6.11. The molecule has 0 saturated heterocycles. The summed E-state index contributed by atoms with van der Waals surface area (Å²) in [4.78, 5) is 11.4. The van der Waals surface area contributed by atoms with E-state index < -0.39 is 0 Å². The van der Waals surface area contributed by atoms with Crippen LogP contribution < -0.4 is 0 Å². The first-order chi connectivity index (χ1) is 7.56. The van der Waals surface area contributed by atoms with Gasteiger partial charge in [0.05, 0.1) is 6.10 Å². The van der Waals surface area contributed by atoms with Gasteiger partial charge in [0.25, 0.3) is 0 Å². The van der Waals surface area contributed by atoms with Gasteiger partial charge in [0.2, 0.25) is 0 Å². The lowest BCUT2D eigenvalue weighted by atomic mass is 9.89. The van der Waals surface area contributed by atoms with Gasteiger partial charge < -0.3 is 4.74 Å². The number of rotatable bonds is 4. The second-order valence-electron chi connectivity index (χ2n) is 5.27. The SMILES string of the molecule is C=C(C)C(=O)OC(C)CC1CC2C=CC1C2. The van der Waals surface area contributed by atoms with Crippen LogP contribution in [-0.4, -0.2) is 12.1 Å². The number of ether oxygens (including phenoxy) is 1. The molecule has 4 unspecified atom stereocenters. The third-order valence-corrected chi connectivity index (χ3v) is 3.71. The Kier molecular flexibility index (Phi) is 3.17. The molecule has 2 nitrogen and oxygen atoms in total. The van der Waals surface area contributed by atoms with Gasteiger partial charge in [-0.2, -0.15) is 0 Å². The Labute approximate surface area is 97.4 Å². The van der Waals surface area contributed by atoms with Gasteiger partial charge in [0.15, 0.2) is 0 Å². The standard InChI is InChI=1S/C14H20O2/c1-9(2)14(15)16-10(3)6-13-8-11-4-5-12(13)7-11/h4-5,10-13H,1,6-8H2,2-3H3. The minimum Gasteiger partial charge on any atom is -0.459 e. The van der Waals surface area contributed by atoms with Crippen LogP contribution in [0.5, 0.6) is 0 Å². The Morgan fingerprint density at radius 2 is 2.25 bits per heavy atom. The van der Waals surface area contributed by atoms with Crippen LogP contribution >= 0.6 is 0 Å². The Balaban J connectivity index is 1.80. The summed E-state index contributed by atoms with van der Waals surface area (Å²) in [6.45, 7) is 7.26. The summed E-state index contributed by atoms with van der Waals surface area (Å²) in [5, 5.41) is 0. The van der Waals surface area contributed by atoms with Crippen molar-refractivity contribution in [2.75, 3.05) is 0 Å². The number of hydrogen-bond donors (Lipinski definition) is 0. The Morgan fingerprint density at radius 3 is 2.75 bits per heavy atom. The van der Waals surface area contributed by atoms with E-state index in [-0.39, 0.29) is 12.1 Å². The maximum atomic E-state index is 11.4. The summed E-state index contributed by atoms with van der Waals surface area (Å²) in [5.41, 5.74) is 0.486. The number of esters is 1. The maximum absolute atomic E-state index is 11.4. The van der Waals surface area contributed by atoms with Crippen molar-refractivity contribution in [3.05, 3.63) is 24.3 Å². The van der Waals surface area contributed by atoms with E-state index in [1.54, 1.807) is 6.92 Å². The smallest absolute Gasteiger partial charge is 0.333 e. The Bertz CT molecular complexity index is 330. The fraction of sp³-hybridized carbons (Fsp3) is 0.643. The molecule has 16 heavy (non-hydrogen) atoms. The molecule has 1 fully saturated rings. The van der Waals surface area contributed by atoms with Crippen molar-refractivity contribution in [1.82, 2.24) is 0 Å². The highest BCUT2D eigenvalue weighted by atomic mass is 16.5. The molecule has 2 aliphatic rings. The van der Waals surface area contributed by atoms with Crippen LogP contribution in [0.15, 0.2) is 24.3 Å². The molecule has 2 rings (SSSR count). The quantitative estimate of drug-likeness (QED) is 0.413. The number of allylic oxidation sites excluding steroid dienone is 2. The second-order valence-corrected chi connectivity index (χ2v) is 5.27. The van der Waals surface area contributed by atoms with Gasteiger partial charge in [-0.15, -0.1) is 0 Å². The summed E-state index contributed by atoms with van der Waals surface area (Å²) in [6, 6.07) is 0. The first kappa shape index (κ1) is 11.4. The van der Waals surface area contributed by atoms with Gasteiger partial charge in [-0.05, 0) is 50.9 Å². The van der Waals surface area contributed by atoms with E-state index in [0.29, 0.717) is 11.5 Å². The van der Waals surface area contributed by atoms with Gasteiger partial charge in [-0.1, -0.05) is 18.7 Å². The van der Waals surface area contributed by atoms with E-state index in [2.05, 4.69) is 18.7 Å². The summed E-state index contributed by atoms with van der Waals surface area (Å²) in [6.07, 6.45) is 8.27. The summed E-state index contributed by atoms with van der Waals surface area (Å²) >= 11 is 0. The molecule has 0 aliphatic heterocycles. The molecular weight excluding hydrogens is 200 g/mol. The fourth-order valence-electron chi connectivity index (χ4n) is 2.92. The number of carbonyl (C=O) groups excluding carboxylic acids is 1. The molecule has 0 amide bonds. The van der Waals surface area contributed by atoms with E-state index in [1.807, 2.05) is 6.92 Å². The molecule has 4 atom stereocenters. The average molecular weight is 220 g/mol. The second kappa shape index (κ2) is 4.44. The van der Waals surface area contributed by atoms with E-state index in [4.69, 9.17) is 4.74 Å². The van der Waals surface area contributed by atoms with Crippen LogP contribution in [-0.2, 0) is 9.53 Å². The molecule has 0 aromatic heterocycles. The van der Waals surface area contributed by atoms with Crippen molar-refractivity contribution in [2.24, 2.45) is 17.8 Å². The zero-order valence-corrected chi connectivity index (χ0v) is 10.1. The van der Waals surface area contributed by atoms with Crippen LogP contribution in [0.3, 0.4) is 0 Å². The molecule has 0 aromatic rings. The van der Waals surface area contributed by atoms with Gasteiger partial charge in [-0.25, -0.2) is 4.79 Å². The van der Waals surface area contributed by atoms with Crippen molar-refractivity contribution in [3.63, 3.8) is 0 Å². The molecule has 0 N–H and O–H groups in total. The van der Waals surface area contributed by atoms with E-state index in [0.717, 1.165) is 18.3 Å². The molecular formula is C14H20O2. The van der Waals surface area contributed by atoms with Gasteiger partial charge >= 0.3 is 5.97 Å². The normalized spacial score (nSPS) is 32.8. The molecule has 0 radical (unpaired) electrons. The number of fused-ring (bicyclic) bond motifs is 2. The predicted octanol–water partition coefficient (Wildman–Crippen LogP) is 3.10. The fourth-order valence-corrected chi connectivity index (χ4v) is 2.92. The van der Waals surface area contributed by atoms with E-state index in [9.17, 15) is 4.79 Å². The molecule has 0 aromatic carbocycles. The molecule has 0 heterocycles. The van der Waals surface area contributed by atoms with Gasteiger partial charge in [0.1, 0.15) is 0 Å². The lowest BCUT2D eigenvalue weighted by molar-refractivity contribution is -0.144. The predicted molar refractivity (Wildman–Crippen MR) is 63.8 cm³/mol.